The second-order valence-corrected chi connectivity index (χ2v) is 19.1. The molecule has 0 aromatic heterocycles. The minimum atomic E-state index is -1.10. The molecule has 0 spiro atoms. The SMILES string of the molecule is CCCCCCCCCCCC(O)O.CCCCCCCCCCCCCCCCCCCCCC(=O)O.CCCCCCCCCCCCCCCCCCCCCC(=O)O. The van der Waals surface area contributed by atoms with Crippen molar-refractivity contribution in [2.24, 2.45) is 0 Å². The number of carbonyl (C=O) groups is 2. The molecule has 0 aliphatic rings. The third kappa shape index (κ3) is 73.3. The Morgan fingerprint density at radius 1 is 0.258 bits per heavy atom. The molecule has 0 heterocycles. The van der Waals surface area contributed by atoms with Crippen molar-refractivity contribution in [1.82, 2.24) is 0 Å². The molecule has 0 bridgehead atoms. The van der Waals surface area contributed by atoms with Crippen LogP contribution in [0.2, 0.25) is 0 Å². The molecule has 0 aliphatic heterocycles. The summed E-state index contributed by atoms with van der Waals surface area (Å²) in [7, 11) is 0. The van der Waals surface area contributed by atoms with E-state index in [9.17, 15) is 9.59 Å². The quantitative estimate of drug-likeness (QED) is 0.0357. The van der Waals surface area contributed by atoms with Gasteiger partial charge in [-0.3, -0.25) is 9.59 Å². The molecule has 62 heavy (non-hydrogen) atoms. The molecule has 4 N–H and O–H groups in total. The second-order valence-electron chi connectivity index (χ2n) is 19.1. The van der Waals surface area contributed by atoms with Gasteiger partial charge in [-0.25, -0.2) is 0 Å². The second kappa shape index (κ2) is 61.9. The van der Waals surface area contributed by atoms with Crippen LogP contribution in [-0.4, -0.2) is 38.7 Å². The van der Waals surface area contributed by atoms with Crippen LogP contribution in [0.4, 0.5) is 0 Å². The Hall–Kier alpha value is -1.14. The van der Waals surface area contributed by atoms with Crippen LogP contribution in [0.1, 0.15) is 342 Å². The lowest BCUT2D eigenvalue weighted by molar-refractivity contribution is -0.138. The van der Waals surface area contributed by atoms with Crippen LogP contribution >= 0.6 is 0 Å². The van der Waals surface area contributed by atoms with Gasteiger partial charge in [-0.2, -0.15) is 0 Å². The number of carboxylic acid groups (broad SMARTS) is 2. The van der Waals surface area contributed by atoms with E-state index in [1.54, 1.807) is 0 Å². The summed E-state index contributed by atoms with van der Waals surface area (Å²) in [4.78, 5) is 20.8. The van der Waals surface area contributed by atoms with Crippen molar-refractivity contribution in [3.63, 3.8) is 0 Å². The van der Waals surface area contributed by atoms with E-state index in [1.165, 1.54) is 263 Å². The fourth-order valence-electron chi connectivity index (χ4n) is 8.35. The van der Waals surface area contributed by atoms with Crippen LogP contribution < -0.4 is 0 Å². The molecule has 0 fully saturated rings. The number of unbranched alkanes of at least 4 members (excludes halogenated alkanes) is 44. The molecule has 6 heteroatoms. The number of aliphatic carboxylic acids is 2. The first kappa shape index (κ1) is 65.1. The summed E-state index contributed by atoms with van der Waals surface area (Å²) in [6, 6.07) is 0. The topological polar surface area (TPSA) is 115 Å². The van der Waals surface area contributed by atoms with Crippen molar-refractivity contribution in [2.45, 2.75) is 348 Å². The zero-order valence-electron chi connectivity index (χ0n) is 42.5. The number of hydrogen-bond donors (Lipinski definition) is 4. The van der Waals surface area contributed by atoms with Gasteiger partial charge in [0.25, 0.3) is 0 Å². The molecule has 0 aromatic carbocycles. The predicted molar refractivity (Wildman–Crippen MR) is 271 cm³/mol. The minimum Gasteiger partial charge on any atom is -0.481 e. The van der Waals surface area contributed by atoms with Gasteiger partial charge >= 0.3 is 11.9 Å². The molecule has 0 aliphatic carbocycles. The highest BCUT2D eigenvalue weighted by Gasteiger charge is 2.00. The maximum atomic E-state index is 10.4. The maximum Gasteiger partial charge on any atom is 0.303 e. The lowest BCUT2D eigenvalue weighted by Crippen LogP contribution is -2.02. The average molecular weight is 884 g/mol. The highest BCUT2D eigenvalue weighted by molar-refractivity contribution is 5.66. The number of hydrogen-bond acceptors (Lipinski definition) is 4. The van der Waals surface area contributed by atoms with E-state index in [2.05, 4.69) is 20.8 Å². The molecule has 0 saturated carbocycles. The van der Waals surface area contributed by atoms with Gasteiger partial charge in [0.2, 0.25) is 0 Å². The standard InChI is InChI=1S/2C22H44O2.C12H26O2/c2*1-2-3-4-5-6-7-8-9-10-11-12-13-14-15-16-17-18-19-20-21-22(23)24;1-2-3-4-5-6-7-8-9-10-11-12(13)14/h2*2-21H2,1H3,(H,23,24);12-14H,2-11H2,1H3. The fourth-order valence-corrected chi connectivity index (χ4v) is 8.35. The largest absolute Gasteiger partial charge is 0.481 e. The Balaban J connectivity index is -0.000000874. The van der Waals surface area contributed by atoms with E-state index in [0.29, 0.717) is 19.3 Å². The number of rotatable bonds is 50. The van der Waals surface area contributed by atoms with Gasteiger partial charge in [0.05, 0.1) is 0 Å². The molecular weight excluding hydrogens is 769 g/mol. The normalized spacial score (nSPS) is 11.1. The summed E-state index contributed by atoms with van der Waals surface area (Å²) >= 11 is 0. The summed E-state index contributed by atoms with van der Waals surface area (Å²) in [6.07, 6.45) is 63.1. The van der Waals surface area contributed by atoms with Crippen LogP contribution in [0, 0.1) is 0 Å². The first-order valence-corrected chi connectivity index (χ1v) is 28.1. The summed E-state index contributed by atoms with van der Waals surface area (Å²) in [5, 5.41) is 34.3. The lowest BCUT2D eigenvalue weighted by atomic mass is 10.0. The van der Waals surface area contributed by atoms with Crippen molar-refractivity contribution in [3.8, 4) is 0 Å². The smallest absolute Gasteiger partial charge is 0.303 e. The van der Waals surface area contributed by atoms with Crippen molar-refractivity contribution in [2.75, 3.05) is 0 Å². The highest BCUT2D eigenvalue weighted by atomic mass is 16.5. The van der Waals surface area contributed by atoms with Gasteiger partial charge in [-0.05, 0) is 25.7 Å². The Morgan fingerprint density at radius 3 is 0.548 bits per heavy atom. The molecular formula is C56H114O6. The predicted octanol–water partition coefficient (Wildman–Crippen LogP) is 19.0. The molecule has 0 rings (SSSR count). The molecule has 0 amide bonds. The van der Waals surface area contributed by atoms with E-state index in [0.717, 1.165) is 38.5 Å². The third-order valence-corrected chi connectivity index (χ3v) is 12.6. The fraction of sp³-hybridized carbons (Fsp3) is 0.964. The van der Waals surface area contributed by atoms with E-state index in [-0.39, 0.29) is 0 Å². The van der Waals surface area contributed by atoms with Gasteiger partial charge in [-0.15, -0.1) is 0 Å². The molecule has 0 atom stereocenters. The highest BCUT2D eigenvalue weighted by Crippen LogP contribution is 2.17. The molecule has 374 valence electrons. The van der Waals surface area contributed by atoms with Gasteiger partial charge in [0, 0.05) is 12.8 Å². The van der Waals surface area contributed by atoms with Gasteiger partial charge < -0.3 is 20.4 Å². The summed E-state index contributed by atoms with van der Waals surface area (Å²) in [5.74, 6) is -1.30. The Bertz CT molecular complexity index is 749. The third-order valence-electron chi connectivity index (χ3n) is 12.6. The van der Waals surface area contributed by atoms with E-state index in [4.69, 9.17) is 20.4 Å². The summed E-state index contributed by atoms with van der Waals surface area (Å²) < 4.78 is 0. The molecule has 0 radical (unpaired) electrons. The van der Waals surface area contributed by atoms with E-state index < -0.39 is 18.2 Å². The average Bonchev–Trinajstić information content (AvgIpc) is 3.25. The molecule has 0 unspecified atom stereocenters. The molecule has 0 saturated heterocycles. The van der Waals surface area contributed by atoms with Gasteiger partial charge in [-0.1, -0.05) is 303 Å². The van der Waals surface area contributed by atoms with Crippen LogP contribution in [0.25, 0.3) is 0 Å². The lowest BCUT2D eigenvalue weighted by Gasteiger charge is -2.03. The van der Waals surface area contributed by atoms with Crippen LogP contribution in [0.5, 0.6) is 0 Å². The first-order chi connectivity index (χ1) is 30.3. The zero-order chi connectivity index (χ0) is 46.1. The van der Waals surface area contributed by atoms with Crippen molar-refractivity contribution < 1.29 is 30.0 Å². The van der Waals surface area contributed by atoms with Crippen LogP contribution in [0.3, 0.4) is 0 Å². The van der Waals surface area contributed by atoms with E-state index >= 15 is 0 Å². The number of aliphatic hydroxyl groups is 2. The van der Waals surface area contributed by atoms with Crippen molar-refractivity contribution in [1.29, 1.82) is 0 Å². The maximum absolute atomic E-state index is 10.4. The molecule has 0 aromatic rings. The van der Waals surface area contributed by atoms with Crippen molar-refractivity contribution >= 4 is 11.9 Å². The van der Waals surface area contributed by atoms with E-state index in [1.807, 2.05) is 0 Å². The Morgan fingerprint density at radius 2 is 0.403 bits per heavy atom. The van der Waals surface area contributed by atoms with Crippen LogP contribution in [0.15, 0.2) is 0 Å². The monoisotopic (exact) mass is 883 g/mol. The van der Waals surface area contributed by atoms with Crippen LogP contribution in [-0.2, 0) is 9.59 Å². The Labute approximate surface area is 388 Å². The molecule has 6 nitrogen and oxygen atoms in total. The number of carboxylic acids is 2. The summed E-state index contributed by atoms with van der Waals surface area (Å²) in [6.45, 7) is 6.80. The zero-order valence-corrected chi connectivity index (χ0v) is 42.5. The minimum absolute atomic E-state index is 0.346. The first-order valence-electron chi connectivity index (χ1n) is 28.1. The van der Waals surface area contributed by atoms with Gasteiger partial charge in [0.1, 0.15) is 0 Å². The van der Waals surface area contributed by atoms with Gasteiger partial charge in [0.15, 0.2) is 6.29 Å². The Kier molecular flexibility index (Phi) is 65.1. The van der Waals surface area contributed by atoms with Crippen molar-refractivity contribution in [3.05, 3.63) is 0 Å². The summed E-state index contributed by atoms with van der Waals surface area (Å²) in [5.41, 5.74) is 0. The number of aliphatic hydroxyl groups excluding tert-OH is 1.